The van der Waals surface area contributed by atoms with Crippen LogP contribution in [0.3, 0.4) is 0 Å². The normalized spacial score (nSPS) is 11.4. The van der Waals surface area contributed by atoms with Gasteiger partial charge in [-0.3, -0.25) is 4.79 Å². The molecule has 26 heavy (non-hydrogen) atoms. The lowest BCUT2D eigenvalue weighted by atomic mass is 10.2. The lowest BCUT2D eigenvalue weighted by Crippen LogP contribution is -2.23. The van der Waals surface area contributed by atoms with Crippen LogP contribution in [0.2, 0.25) is 0 Å². The molecule has 0 fully saturated rings. The Morgan fingerprint density at radius 1 is 1.27 bits per heavy atom. The zero-order valence-electron chi connectivity index (χ0n) is 14.8. The molecule has 0 aliphatic heterocycles. The van der Waals surface area contributed by atoms with E-state index in [1.165, 1.54) is 14.0 Å². The molecule has 0 aliphatic carbocycles. The lowest BCUT2D eigenvalue weighted by molar-refractivity contribution is -0.114. The van der Waals surface area contributed by atoms with E-state index in [4.69, 9.17) is 9.47 Å². The predicted octanol–water partition coefficient (Wildman–Crippen LogP) is 1.77. The van der Waals surface area contributed by atoms with Gasteiger partial charge in [0.05, 0.1) is 13.2 Å². The second kappa shape index (κ2) is 8.43. The number of carbonyl (C=O) groups is 1. The van der Waals surface area contributed by atoms with Gasteiger partial charge in [-0.15, -0.1) is 10.2 Å². The Morgan fingerprint density at radius 2 is 2.00 bits per heavy atom. The Bertz CT molecular complexity index is 880. The molecule has 9 nitrogen and oxygen atoms in total. The summed E-state index contributed by atoms with van der Waals surface area (Å²) in [6.07, 6.45) is -0.0107. The molecule has 2 aromatic rings. The number of anilines is 1. The van der Waals surface area contributed by atoms with Gasteiger partial charge in [-0.25, -0.2) is 13.1 Å². The number of ether oxygens (including phenoxy) is 2. The molecule has 2 rings (SSSR count). The van der Waals surface area contributed by atoms with E-state index in [1.54, 1.807) is 18.2 Å². The van der Waals surface area contributed by atoms with Crippen LogP contribution < -0.4 is 19.5 Å². The molecule has 2 N–H and O–H groups in total. The lowest BCUT2D eigenvalue weighted by Gasteiger charge is -2.14. The van der Waals surface area contributed by atoms with Crippen molar-refractivity contribution in [2.45, 2.75) is 37.8 Å². The minimum Gasteiger partial charge on any atom is -0.493 e. The van der Waals surface area contributed by atoms with Crippen molar-refractivity contribution in [3.05, 3.63) is 23.8 Å². The summed E-state index contributed by atoms with van der Waals surface area (Å²) in [5.74, 6) is 0.742. The van der Waals surface area contributed by atoms with Crippen LogP contribution in [0, 0.1) is 0 Å². The third-order valence-electron chi connectivity index (χ3n) is 2.98. The van der Waals surface area contributed by atoms with E-state index in [9.17, 15) is 13.2 Å². The number of rotatable bonds is 8. The van der Waals surface area contributed by atoms with Gasteiger partial charge in [0, 0.05) is 13.5 Å². The quantitative estimate of drug-likeness (QED) is 0.648. The van der Waals surface area contributed by atoms with Crippen LogP contribution in [-0.2, 0) is 21.4 Å². The highest BCUT2D eigenvalue weighted by Gasteiger charge is 2.20. The van der Waals surface area contributed by atoms with Crippen LogP contribution >= 0.6 is 11.3 Å². The van der Waals surface area contributed by atoms with Gasteiger partial charge < -0.3 is 14.8 Å². The highest BCUT2D eigenvalue weighted by atomic mass is 32.2. The van der Waals surface area contributed by atoms with Gasteiger partial charge in [0.15, 0.2) is 11.5 Å². The molecule has 1 amide bonds. The van der Waals surface area contributed by atoms with Crippen molar-refractivity contribution in [3.63, 3.8) is 0 Å². The van der Waals surface area contributed by atoms with Crippen molar-refractivity contribution in [2.24, 2.45) is 0 Å². The summed E-state index contributed by atoms with van der Waals surface area (Å²) in [5, 5.41) is 9.73. The highest BCUT2D eigenvalue weighted by molar-refractivity contribution is 7.91. The van der Waals surface area contributed by atoms with Crippen molar-refractivity contribution in [3.8, 4) is 11.5 Å². The van der Waals surface area contributed by atoms with Crippen molar-refractivity contribution in [1.29, 1.82) is 0 Å². The first-order chi connectivity index (χ1) is 12.2. The second-order valence-corrected chi connectivity index (χ2v) is 8.45. The Balaban J connectivity index is 2.09. The summed E-state index contributed by atoms with van der Waals surface area (Å²) in [6.45, 7) is 5.14. The van der Waals surface area contributed by atoms with Crippen molar-refractivity contribution < 1.29 is 22.7 Å². The molecule has 0 spiro atoms. The number of amides is 1. The van der Waals surface area contributed by atoms with Crippen LogP contribution in [0.5, 0.6) is 11.5 Å². The number of carbonyl (C=O) groups excluding carboxylic acids is 1. The number of benzene rings is 1. The maximum atomic E-state index is 12.3. The molecule has 0 aliphatic rings. The SMILES string of the molecule is COc1cc(CNS(=O)(=O)c2nnc(NC(C)=O)s2)ccc1OC(C)C. The molecular weight excluding hydrogens is 380 g/mol. The number of hydrogen-bond donors (Lipinski definition) is 2. The maximum absolute atomic E-state index is 12.3. The van der Waals surface area contributed by atoms with Gasteiger partial charge >= 0.3 is 0 Å². The Labute approximate surface area is 155 Å². The number of methoxy groups -OCH3 is 1. The van der Waals surface area contributed by atoms with E-state index in [1.807, 2.05) is 13.8 Å². The van der Waals surface area contributed by atoms with Gasteiger partial charge in [-0.05, 0) is 31.5 Å². The molecule has 0 saturated heterocycles. The standard InChI is InChI=1S/C15H20N4O5S2/c1-9(2)24-12-6-5-11(7-13(12)23-4)8-16-26(21,22)15-19-18-14(25-15)17-10(3)20/h5-7,9,16H,8H2,1-4H3,(H,17,18,20). The molecule has 0 unspecified atom stereocenters. The summed E-state index contributed by atoms with van der Waals surface area (Å²) < 4.78 is 37.7. The Kier molecular flexibility index (Phi) is 6.51. The van der Waals surface area contributed by atoms with E-state index < -0.39 is 10.0 Å². The first-order valence-corrected chi connectivity index (χ1v) is 9.95. The molecule has 0 saturated carbocycles. The third-order valence-corrected chi connectivity index (χ3v) is 5.58. The fourth-order valence-corrected chi connectivity index (χ4v) is 3.94. The van der Waals surface area contributed by atoms with Gasteiger partial charge in [0.25, 0.3) is 10.0 Å². The Hall–Kier alpha value is -2.24. The van der Waals surface area contributed by atoms with Gasteiger partial charge in [0.1, 0.15) is 0 Å². The van der Waals surface area contributed by atoms with Gasteiger partial charge in [-0.1, -0.05) is 17.4 Å². The second-order valence-electron chi connectivity index (χ2n) is 5.53. The fraction of sp³-hybridized carbons (Fsp3) is 0.400. The van der Waals surface area contributed by atoms with E-state index in [0.717, 1.165) is 11.3 Å². The minimum atomic E-state index is -3.85. The van der Waals surface area contributed by atoms with E-state index in [0.29, 0.717) is 17.1 Å². The molecule has 1 heterocycles. The van der Waals surface area contributed by atoms with Crippen molar-refractivity contribution in [2.75, 3.05) is 12.4 Å². The Morgan fingerprint density at radius 3 is 2.62 bits per heavy atom. The van der Waals surface area contributed by atoms with E-state index >= 15 is 0 Å². The van der Waals surface area contributed by atoms with Gasteiger partial charge in [0.2, 0.25) is 15.4 Å². The molecule has 1 aromatic heterocycles. The third kappa shape index (κ3) is 5.38. The molecule has 142 valence electrons. The van der Waals surface area contributed by atoms with Crippen LogP contribution in [0.25, 0.3) is 0 Å². The molecule has 1 aromatic carbocycles. The summed E-state index contributed by atoms with van der Waals surface area (Å²) in [7, 11) is -2.34. The summed E-state index contributed by atoms with van der Waals surface area (Å²) >= 11 is 0.771. The first-order valence-electron chi connectivity index (χ1n) is 7.65. The zero-order chi connectivity index (χ0) is 19.3. The van der Waals surface area contributed by atoms with Gasteiger partial charge in [-0.2, -0.15) is 0 Å². The molecule has 0 atom stereocenters. The van der Waals surface area contributed by atoms with Crippen molar-refractivity contribution in [1.82, 2.24) is 14.9 Å². The summed E-state index contributed by atoms with van der Waals surface area (Å²) in [6, 6.07) is 5.16. The van der Waals surface area contributed by atoms with Crippen molar-refractivity contribution >= 4 is 32.4 Å². The number of sulfonamides is 1. The summed E-state index contributed by atoms with van der Waals surface area (Å²) in [4.78, 5) is 11.0. The van der Waals surface area contributed by atoms with Crippen LogP contribution in [0.4, 0.5) is 5.13 Å². The number of hydrogen-bond acceptors (Lipinski definition) is 8. The smallest absolute Gasteiger partial charge is 0.270 e. The van der Waals surface area contributed by atoms with Crippen LogP contribution in [0.15, 0.2) is 22.5 Å². The zero-order valence-corrected chi connectivity index (χ0v) is 16.4. The van der Waals surface area contributed by atoms with Crippen LogP contribution in [0.1, 0.15) is 26.3 Å². The molecule has 0 radical (unpaired) electrons. The van der Waals surface area contributed by atoms with E-state index in [-0.39, 0.29) is 28.0 Å². The predicted molar refractivity (Wildman–Crippen MR) is 97.0 cm³/mol. The first kappa shape index (κ1) is 20.1. The average molecular weight is 400 g/mol. The largest absolute Gasteiger partial charge is 0.493 e. The number of aromatic nitrogens is 2. The monoisotopic (exact) mass is 400 g/mol. The fourth-order valence-electron chi connectivity index (χ4n) is 1.93. The number of nitrogens with zero attached hydrogens (tertiary/aromatic N) is 2. The number of nitrogens with one attached hydrogen (secondary N) is 2. The van der Waals surface area contributed by atoms with Crippen LogP contribution in [-0.4, -0.2) is 37.7 Å². The van der Waals surface area contributed by atoms with E-state index in [2.05, 4.69) is 20.2 Å². The maximum Gasteiger partial charge on any atom is 0.270 e. The molecule has 11 heteroatoms. The minimum absolute atomic E-state index is 0.0107. The molecule has 0 bridgehead atoms. The molecular formula is C15H20N4O5S2. The topological polar surface area (TPSA) is 120 Å². The summed E-state index contributed by atoms with van der Waals surface area (Å²) in [5.41, 5.74) is 0.688. The highest BCUT2D eigenvalue weighted by Crippen LogP contribution is 2.29. The average Bonchev–Trinajstić information content (AvgIpc) is 3.02.